The van der Waals surface area contributed by atoms with Crippen molar-refractivity contribution in [3.8, 4) is 0 Å². The monoisotopic (exact) mass is 557 g/mol. The average molecular weight is 558 g/mol. The van der Waals surface area contributed by atoms with Crippen molar-refractivity contribution in [3.63, 3.8) is 0 Å². The molecule has 2 atom stereocenters. The summed E-state index contributed by atoms with van der Waals surface area (Å²) in [5.41, 5.74) is -2.82. The molecule has 1 aromatic carbocycles. The number of thioether (sulfide) groups is 1. The Labute approximate surface area is 213 Å². The van der Waals surface area contributed by atoms with E-state index in [1.807, 2.05) is 6.08 Å². The van der Waals surface area contributed by atoms with Gasteiger partial charge in [-0.25, -0.2) is 8.78 Å². The van der Waals surface area contributed by atoms with Gasteiger partial charge in [-0.1, -0.05) is 23.9 Å². The third kappa shape index (κ3) is 7.17. The Balaban J connectivity index is 1.36. The standard InChI is InChI=1S/C24H27F8N3OS/c25-22(26)6-3-19(36)18(11-22)34-21-20(37-13-33-21)9-14-4-7-35(8-5-14)12-15-1-2-16(23(27,28)29)10-17(15)24(30,31)32/h1-2,9-10,14,18-19,36H,3-8,11-13H2,(H,33,34). The Morgan fingerprint density at radius 3 is 2.43 bits per heavy atom. The second-order valence-corrected chi connectivity index (χ2v) is 10.7. The van der Waals surface area contributed by atoms with Crippen LogP contribution in [0.5, 0.6) is 0 Å². The number of aliphatic hydroxyl groups excluding tert-OH is 1. The number of piperidine rings is 1. The SMILES string of the molecule is OC1CCC(F)(F)CC1NC1=NCSC1=CC1CCN(Cc2ccc(C(F)(F)F)cc2C(F)(F)F)CC1. The van der Waals surface area contributed by atoms with Gasteiger partial charge in [0.05, 0.1) is 29.1 Å². The van der Waals surface area contributed by atoms with Crippen LogP contribution in [0.15, 0.2) is 34.2 Å². The van der Waals surface area contributed by atoms with Crippen molar-refractivity contribution in [2.75, 3.05) is 19.0 Å². The molecule has 0 aromatic heterocycles. The summed E-state index contributed by atoms with van der Waals surface area (Å²) in [7, 11) is 0. The number of hydrogen-bond acceptors (Lipinski definition) is 5. The number of benzene rings is 1. The molecule has 1 saturated carbocycles. The predicted molar refractivity (Wildman–Crippen MR) is 124 cm³/mol. The quantitative estimate of drug-likeness (QED) is 0.442. The Bertz CT molecular complexity index is 1030. The van der Waals surface area contributed by atoms with Gasteiger partial charge in [-0.05, 0) is 56.0 Å². The number of nitrogens with zero attached hydrogens (tertiary/aromatic N) is 2. The van der Waals surface area contributed by atoms with Crippen LogP contribution in [0.2, 0.25) is 0 Å². The molecule has 2 unspecified atom stereocenters. The van der Waals surface area contributed by atoms with Gasteiger partial charge in [-0.15, -0.1) is 0 Å². The van der Waals surface area contributed by atoms with Gasteiger partial charge in [0.1, 0.15) is 5.84 Å². The van der Waals surface area contributed by atoms with Crippen LogP contribution in [0.4, 0.5) is 35.1 Å². The molecule has 0 bridgehead atoms. The predicted octanol–water partition coefficient (Wildman–Crippen LogP) is 6.06. The molecule has 37 heavy (non-hydrogen) atoms. The lowest BCUT2D eigenvalue weighted by atomic mass is 9.89. The molecule has 2 aliphatic heterocycles. The summed E-state index contributed by atoms with van der Waals surface area (Å²) >= 11 is 1.44. The van der Waals surface area contributed by atoms with E-state index in [9.17, 15) is 40.2 Å². The van der Waals surface area contributed by atoms with E-state index in [1.54, 1.807) is 4.90 Å². The fourth-order valence-electron chi connectivity index (χ4n) is 4.89. The highest BCUT2D eigenvalue weighted by Gasteiger charge is 2.42. The average Bonchev–Trinajstić information content (AvgIpc) is 3.22. The lowest BCUT2D eigenvalue weighted by Gasteiger charge is -2.34. The van der Waals surface area contributed by atoms with Crippen LogP contribution in [0.1, 0.15) is 48.8 Å². The highest BCUT2D eigenvalue weighted by atomic mass is 32.2. The lowest BCUT2D eigenvalue weighted by Crippen LogP contribution is -2.50. The molecule has 206 valence electrons. The second-order valence-electron chi connectivity index (χ2n) is 9.71. The van der Waals surface area contributed by atoms with Crippen molar-refractivity contribution in [1.29, 1.82) is 0 Å². The van der Waals surface area contributed by atoms with Gasteiger partial charge in [0, 0.05) is 24.3 Å². The van der Waals surface area contributed by atoms with Crippen LogP contribution in [-0.4, -0.2) is 52.9 Å². The first-order valence-corrected chi connectivity index (χ1v) is 12.9. The summed E-state index contributed by atoms with van der Waals surface area (Å²) < 4.78 is 107. The zero-order chi connectivity index (χ0) is 27.0. The molecule has 3 aliphatic rings. The first kappa shape index (κ1) is 28.2. The fourth-order valence-corrected chi connectivity index (χ4v) is 5.77. The Kier molecular flexibility index (Phi) is 8.16. The van der Waals surface area contributed by atoms with Crippen LogP contribution in [0.25, 0.3) is 0 Å². The molecule has 1 aromatic rings. The van der Waals surface area contributed by atoms with Crippen molar-refractivity contribution in [3.05, 3.63) is 45.9 Å². The number of aliphatic imine (C=N–C) groups is 1. The minimum Gasteiger partial charge on any atom is -0.391 e. The van der Waals surface area contributed by atoms with Crippen molar-refractivity contribution >= 4 is 17.6 Å². The zero-order valence-corrected chi connectivity index (χ0v) is 20.5. The molecular weight excluding hydrogens is 530 g/mol. The van der Waals surface area contributed by atoms with Gasteiger partial charge in [0.15, 0.2) is 0 Å². The zero-order valence-electron chi connectivity index (χ0n) is 19.7. The van der Waals surface area contributed by atoms with E-state index >= 15 is 0 Å². The van der Waals surface area contributed by atoms with E-state index in [4.69, 9.17) is 0 Å². The van der Waals surface area contributed by atoms with Crippen LogP contribution in [0.3, 0.4) is 0 Å². The number of hydrogen-bond donors (Lipinski definition) is 2. The molecular formula is C24H27F8N3OS. The summed E-state index contributed by atoms with van der Waals surface area (Å²) in [4.78, 5) is 6.91. The third-order valence-electron chi connectivity index (χ3n) is 6.94. The summed E-state index contributed by atoms with van der Waals surface area (Å²) in [6.45, 7) is 0.781. The van der Waals surface area contributed by atoms with Crippen molar-refractivity contribution in [2.24, 2.45) is 10.9 Å². The van der Waals surface area contributed by atoms with Gasteiger partial charge >= 0.3 is 12.4 Å². The second kappa shape index (κ2) is 10.7. The molecule has 0 radical (unpaired) electrons. The Morgan fingerprint density at radius 2 is 1.78 bits per heavy atom. The van der Waals surface area contributed by atoms with Gasteiger partial charge < -0.3 is 10.4 Å². The lowest BCUT2D eigenvalue weighted by molar-refractivity contribution is -0.143. The van der Waals surface area contributed by atoms with E-state index in [2.05, 4.69) is 10.3 Å². The van der Waals surface area contributed by atoms with Crippen molar-refractivity contribution in [2.45, 2.75) is 69.1 Å². The molecule has 4 nitrogen and oxygen atoms in total. The van der Waals surface area contributed by atoms with Gasteiger partial charge in [-0.3, -0.25) is 9.89 Å². The minimum absolute atomic E-state index is 0.00240. The molecule has 0 amide bonds. The van der Waals surface area contributed by atoms with Crippen LogP contribution < -0.4 is 5.32 Å². The molecule has 2 N–H and O–H groups in total. The molecule has 1 aliphatic carbocycles. The van der Waals surface area contributed by atoms with Gasteiger partial charge in [-0.2, -0.15) is 26.3 Å². The Morgan fingerprint density at radius 1 is 1.08 bits per heavy atom. The number of rotatable bonds is 4. The first-order chi connectivity index (χ1) is 17.2. The number of halogens is 8. The fraction of sp³-hybridized carbons (Fsp3) is 0.625. The number of alkyl halides is 8. The highest BCUT2D eigenvalue weighted by Crippen LogP contribution is 2.39. The van der Waals surface area contributed by atoms with E-state index in [-0.39, 0.29) is 36.9 Å². The summed E-state index contributed by atoms with van der Waals surface area (Å²) in [5.74, 6) is -1.88. The summed E-state index contributed by atoms with van der Waals surface area (Å²) in [6.07, 6.45) is -8.30. The number of allylic oxidation sites excluding steroid dienone is 1. The normalized spacial score (nSPS) is 26.9. The maximum absolute atomic E-state index is 13.8. The largest absolute Gasteiger partial charge is 0.416 e. The van der Waals surface area contributed by atoms with Crippen LogP contribution >= 0.6 is 11.8 Å². The number of amidine groups is 1. The molecule has 0 spiro atoms. The number of likely N-dealkylation sites (tertiary alicyclic amines) is 1. The van der Waals surface area contributed by atoms with E-state index in [0.29, 0.717) is 43.7 Å². The topological polar surface area (TPSA) is 47.9 Å². The molecule has 2 fully saturated rings. The molecule has 2 heterocycles. The molecule has 4 rings (SSSR count). The number of nitrogens with one attached hydrogen (secondary N) is 1. The van der Waals surface area contributed by atoms with Gasteiger partial charge in [0.25, 0.3) is 0 Å². The summed E-state index contributed by atoms with van der Waals surface area (Å²) in [6, 6.07) is 0.924. The van der Waals surface area contributed by atoms with Crippen molar-refractivity contribution < 1.29 is 40.2 Å². The smallest absolute Gasteiger partial charge is 0.391 e. The first-order valence-electron chi connectivity index (χ1n) is 11.9. The van der Waals surface area contributed by atoms with E-state index < -0.39 is 48.0 Å². The highest BCUT2D eigenvalue weighted by molar-refractivity contribution is 8.04. The van der Waals surface area contributed by atoms with Crippen LogP contribution in [-0.2, 0) is 18.9 Å². The Hall–Kier alpha value is -1.86. The third-order valence-corrected chi connectivity index (χ3v) is 7.84. The van der Waals surface area contributed by atoms with E-state index in [1.165, 1.54) is 11.8 Å². The maximum Gasteiger partial charge on any atom is 0.416 e. The summed E-state index contributed by atoms with van der Waals surface area (Å²) in [5, 5.41) is 13.1. The molecule has 13 heteroatoms. The maximum atomic E-state index is 13.8. The molecule has 1 saturated heterocycles. The number of aliphatic hydroxyl groups is 1. The van der Waals surface area contributed by atoms with E-state index in [0.717, 1.165) is 11.0 Å². The minimum atomic E-state index is -4.91. The van der Waals surface area contributed by atoms with Gasteiger partial charge in [0.2, 0.25) is 5.92 Å². The van der Waals surface area contributed by atoms with Crippen molar-refractivity contribution in [1.82, 2.24) is 10.2 Å². The van der Waals surface area contributed by atoms with Crippen LogP contribution in [0, 0.1) is 5.92 Å².